The highest BCUT2D eigenvalue weighted by atomic mass is 32.2. The number of carbonyl (C=O) groups excluding carboxylic acids is 1. The van der Waals surface area contributed by atoms with Gasteiger partial charge >= 0.3 is 0 Å². The van der Waals surface area contributed by atoms with Gasteiger partial charge < -0.3 is 16.8 Å². The number of hydrogen-bond acceptors (Lipinski definition) is 6. The fraction of sp³-hybridized carbons (Fsp3) is 0.409. The first kappa shape index (κ1) is 27.2. The van der Waals surface area contributed by atoms with E-state index < -0.39 is 39.0 Å². The molecule has 0 saturated heterocycles. The summed E-state index contributed by atoms with van der Waals surface area (Å²) >= 11 is 4.29. The Bertz CT molecular complexity index is 1010. The summed E-state index contributed by atoms with van der Waals surface area (Å²) in [4.78, 5) is 12.2. The fourth-order valence-electron chi connectivity index (χ4n) is 3.13. The van der Waals surface area contributed by atoms with E-state index in [1.54, 1.807) is 0 Å². The third-order valence-electron chi connectivity index (χ3n) is 4.93. The third-order valence-corrected chi connectivity index (χ3v) is 6.98. The van der Waals surface area contributed by atoms with Crippen LogP contribution < -0.4 is 21.5 Å². The lowest BCUT2D eigenvalue weighted by Gasteiger charge is -2.19. The molecule has 7 nitrogen and oxygen atoms in total. The van der Waals surface area contributed by atoms with Crippen molar-refractivity contribution in [1.29, 1.82) is 0 Å². The quantitative estimate of drug-likeness (QED) is 0.208. The minimum Gasteiger partial charge on any atom is -0.355 e. The largest absolute Gasteiger partial charge is 0.355 e. The molecule has 0 aromatic heterocycles. The smallest absolute Gasteiger partial charge is 0.234 e. The molecule has 182 valence electrons. The molecule has 0 aliphatic heterocycles. The van der Waals surface area contributed by atoms with Gasteiger partial charge in [0.05, 0.1) is 11.0 Å². The van der Waals surface area contributed by atoms with Gasteiger partial charge in [-0.05, 0) is 48.6 Å². The Hall–Kier alpha value is -2.05. The Morgan fingerprint density at radius 2 is 1.76 bits per heavy atom. The van der Waals surface area contributed by atoms with Gasteiger partial charge in [0.2, 0.25) is 15.9 Å². The average Bonchev–Trinajstić information content (AvgIpc) is 2.78. The summed E-state index contributed by atoms with van der Waals surface area (Å²) in [5.74, 6) is -1.80. The average molecular weight is 501 g/mol. The standard InChI is InChI=1S/C22H30F2N4O3S2/c23-17-7-8-19(24)16(12-17)13-18(25)14-28-33(30,31)10-4-9-27-22(29)21(32)20(26)11-15-5-2-1-3-6-15/h1-3,5-8,12,18,20-21,28,32H,4,9-11,13-14,25-26H2,(H,27,29). The van der Waals surface area contributed by atoms with Crippen molar-refractivity contribution >= 4 is 28.6 Å². The van der Waals surface area contributed by atoms with Gasteiger partial charge in [-0.1, -0.05) is 30.3 Å². The molecule has 0 aliphatic carbocycles. The number of rotatable bonds is 13. The molecule has 3 atom stereocenters. The van der Waals surface area contributed by atoms with E-state index in [-0.39, 0.29) is 43.2 Å². The van der Waals surface area contributed by atoms with E-state index in [1.165, 1.54) is 0 Å². The van der Waals surface area contributed by atoms with E-state index >= 15 is 0 Å². The zero-order chi connectivity index (χ0) is 24.4. The molecule has 33 heavy (non-hydrogen) atoms. The Labute approximate surface area is 198 Å². The van der Waals surface area contributed by atoms with Crippen LogP contribution in [-0.2, 0) is 27.7 Å². The van der Waals surface area contributed by atoms with Crippen molar-refractivity contribution in [2.45, 2.75) is 36.6 Å². The number of nitrogens with two attached hydrogens (primary N) is 2. The van der Waals surface area contributed by atoms with E-state index in [1.807, 2.05) is 30.3 Å². The number of halogens is 2. The number of amides is 1. The topological polar surface area (TPSA) is 127 Å². The van der Waals surface area contributed by atoms with Gasteiger partial charge in [-0.15, -0.1) is 0 Å². The van der Waals surface area contributed by atoms with E-state index in [0.717, 1.165) is 23.8 Å². The monoisotopic (exact) mass is 500 g/mol. The summed E-state index contributed by atoms with van der Waals surface area (Å²) in [6, 6.07) is 11.3. The highest BCUT2D eigenvalue weighted by molar-refractivity contribution is 7.89. The van der Waals surface area contributed by atoms with Crippen molar-refractivity contribution < 1.29 is 22.0 Å². The van der Waals surface area contributed by atoms with Crippen LogP contribution in [0.25, 0.3) is 0 Å². The maximum atomic E-state index is 13.7. The predicted octanol–water partition coefficient (Wildman–Crippen LogP) is 1.13. The van der Waals surface area contributed by atoms with Crippen LogP contribution in [0.1, 0.15) is 17.5 Å². The molecule has 0 radical (unpaired) electrons. The minimum absolute atomic E-state index is 0.0191. The molecule has 0 fully saturated rings. The van der Waals surface area contributed by atoms with Crippen LogP contribution in [0, 0.1) is 11.6 Å². The van der Waals surface area contributed by atoms with Crippen LogP contribution in [0.15, 0.2) is 48.5 Å². The number of carbonyl (C=O) groups is 1. The van der Waals surface area contributed by atoms with Crippen molar-refractivity contribution in [3.05, 3.63) is 71.3 Å². The van der Waals surface area contributed by atoms with Crippen LogP contribution in [0.5, 0.6) is 0 Å². The Morgan fingerprint density at radius 3 is 2.45 bits per heavy atom. The SMILES string of the molecule is NC(CNS(=O)(=O)CCCNC(=O)C(S)C(N)Cc1ccccc1)Cc1cc(F)ccc1F. The second-order valence-electron chi connectivity index (χ2n) is 7.81. The number of hydrogen-bond donors (Lipinski definition) is 5. The molecular formula is C22H30F2N4O3S2. The molecule has 1 amide bonds. The molecule has 0 aliphatic rings. The first-order valence-electron chi connectivity index (χ1n) is 10.5. The van der Waals surface area contributed by atoms with Gasteiger partial charge in [-0.3, -0.25) is 4.79 Å². The Morgan fingerprint density at radius 1 is 1.06 bits per heavy atom. The lowest BCUT2D eigenvalue weighted by molar-refractivity contribution is -0.120. The number of benzene rings is 2. The molecule has 11 heteroatoms. The fourth-order valence-corrected chi connectivity index (χ4v) is 4.46. The van der Waals surface area contributed by atoms with Crippen molar-refractivity contribution in [3.63, 3.8) is 0 Å². The number of sulfonamides is 1. The summed E-state index contributed by atoms with van der Waals surface area (Å²) in [6.07, 6.45) is 0.637. The van der Waals surface area contributed by atoms with Gasteiger partial charge in [-0.2, -0.15) is 12.6 Å². The highest BCUT2D eigenvalue weighted by Gasteiger charge is 2.22. The van der Waals surface area contributed by atoms with E-state index in [9.17, 15) is 22.0 Å². The van der Waals surface area contributed by atoms with Gasteiger partial charge in [0.25, 0.3) is 0 Å². The van der Waals surface area contributed by atoms with Crippen LogP contribution in [-0.4, -0.2) is 50.5 Å². The lowest BCUT2D eigenvalue weighted by Crippen LogP contribution is -2.45. The van der Waals surface area contributed by atoms with E-state index in [4.69, 9.17) is 11.5 Å². The van der Waals surface area contributed by atoms with Crippen molar-refractivity contribution in [2.24, 2.45) is 11.5 Å². The Balaban J connectivity index is 1.68. The molecular weight excluding hydrogens is 470 g/mol. The summed E-state index contributed by atoms with van der Waals surface area (Å²) < 4.78 is 53.6. The lowest BCUT2D eigenvalue weighted by atomic mass is 10.0. The van der Waals surface area contributed by atoms with Gasteiger partial charge in [-0.25, -0.2) is 21.9 Å². The van der Waals surface area contributed by atoms with Crippen molar-refractivity contribution in [2.75, 3.05) is 18.8 Å². The number of nitrogens with one attached hydrogen (secondary N) is 2. The summed E-state index contributed by atoms with van der Waals surface area (Å²) in [7, 11) is -3.66. The van der Waals surface area contributed by atoms with Gasteiger partial charge in [0.15, 0.2) is 0 Å². The maximum absolute atomic E-state index is 13.7. The van der Waals surface area contributed by atoms with Crippen molar-refractivity contribution in [3.8, 4) is 0 Å². The summed E-state index contributed by atoms with van der Waals surface area (Å²) in [5, 5.41) is 1.91. The van der Waals surface area contributed by atoms with Crippen molar-refractivity contribution in [1.82, 2.24) is 10.0 Å². The molecule has 2 aromatic rings. The third kappa shape index (κ3) is 9.76. The normalized spacial score (nSPS) is 14.5. The molecule has 3 unspecified atom stereocenters. The zero-order valence-electron chi connectivity index (χ0n) is 18.1. The zero-order valence-corrected chi connectivity index (χ0v) is 19.8. The maximum Gasteiger partial charge on any atom is 0.234 e. The van der Waals surface area contributed by atoms with E-state index in [2.05, 4.69) is 22.7 Å². The van der Waals surface area contributed by atoms with Crippen LogP contribution in [0.3, 0.4) is 0 Å². The molecule has 6 N–H and O–H groups in total. The second kappa shape index (κ2) is 13.0. The van der Waals surface area contributed by atoms with E-state index in [0.29, 0.717) is 6.42 Å². The van der Waals surface area contributed by atoms with Gasteiger partial charge in [0.1, 0.15) is 11.6 Å². The first-order chi connectivity index (χ1) is 15.6. The van der Waals surface area contributed by atoms with Crippen LogP contribution in [0.2, 0.25) is 0 Å². The summed E-state index contributed by atoms with van der Waals surface area (Å²) in [5.41, 5.74) is 13.0. The molecule has 2 rings (SSSR count). The minimum atomic E-state index is -3.66. The number of thiol groups is 1. The van der Waals surface area contributed by atoms with Gasteiger partial charge in [0, 0.05) is 25.2 Å². The predicted molar refractivity (Wildman–Crippen MR) is 128 cm³/mol. The molecule has 2 aromatic carbocycles. The molecule has 0 spiro atoms. The van der Waals surface area contributed by atoms with Crippen LogP contribution >= 0.6 is 12.6 Å². The summed E-state index contributed by atoms with van der Waals surface area (Å²) in [6.45, 7) is 0.00706. The molecule has 0 heterocycles. The molecule has 0 bridgehead atoms. The Kier molecular flexibility index (Phi) is 10.7. The second-order valence-corrected chi connectivity index (χ2v) is 10.3. The highest BCUT2D eigenvalue weighted by Crippen LogP contribution is 2.11. The first-order valence-corrected chi connectivity index (χ1v) is 12.7. The molecule has 0 saturated carbocycles. The van der Waals surface area contributed by atoms with Crippen LogP contribution in [0.4, 0.5) is 8.78 Å².